The Labute approximate surface area is 119 Å². The molecule has 0 atom stereocenters. The van der Waals surface area contributed by atoms with E-state index in [0.29, 0.717) is 17.2 Å². The zero-order chi connectivity index (χ0) is 14.5. The van der Waals surface area contributed by atoms with E-state index in [9.17, 15) is 4.79 Å². The molecule has 7 nitrogen and oxygen atoms in total. The lowest BCUT2D eigenvalue weighted by Gasteiger charge is -2.06. The second-order valence-electron chi connectivity index (χ2n) is 4.02. The Balaban J connectivity index is 1.70. The number of rotatable bonds is 3. The molecule has 7 heteroatoms. The third kappa shape index (κ3) is 3.21. The smallest absolute Gasteiger partial charge is 0.395 e. The van der Waals surface area contributed by atoms with Gasteiger partial charge in [-0.2, -0.15) is 0 Å². The molecule has 0 aliphatic carbocycles. The Morgan fingerprint density at radius 3 is 2.48 bits per heavy atom. The van der Waals surface area contributed by atoms with Crippen LogP contribution < -0.4 is 9.47 Å². The molecule has 1 aromatic heterocycles. The fraction of sp³-hybridized carbons (Fsp3) is 0. The number of carbonyl (C=O) groups excluding carboxylic acids is 1. The van der Waals surface area contributed by atoms with E-state index in [1.54, 1.807) is 48.5 Å². The van der Waals surface area contributed by atoms with Crippen LogP contribution >= 0.6 is 0 Å². The van der Waals surface area contributed by atoms with Crippen molar-refractivity contribution in [3.63, 3.8) is 0 Å². The third-order valence-corrected chi connectivity index (χ3v) is 2.58. The highest BCUT2D eigenvalue weighted by Gasteiger charge is 2.08. The minimum absolute atomic E-state index is 0.337. The van der Waals surface area contributed by atoms with Gasteiger partial charge in [-0.3, -0.25) is 0 Å². The van der Waals surface area contributed by atoms with Crippen molar-refractivity contribution >= 4 is 6.16 Å². The van der Waals surface area contributed by atoms with Crippen molar-refractivity contribution in [3.8, 4) is 17.2 Å². The van der Waals surface area contributed by atoms with Gasteiger partial charge in [0.05, 0.1) is 5.69 Å². The number of hydrogen-bond donors (Lipinski definition) is 0. The standard InChI is InChI=1S/C14H10N4O3/c19-14(20-12-6-2-1-3-7-12)21-13-8-4-5-11(9-13)18-10-15-16-17-18/h1-10H. The Kier molecular flexibility index (Phi) is 3.55. The van der Waals surface area contributed by atoms with E-state index < -0.39 is 6.16 Å². The van der Waals surface area contributed by atoms with Crippen LogP contribution in [0.25, 0.3) is 5.69 Å². The fourth-order valence-corrected chi connectivity index (χ4v) is 1.67. The molecule has 0 N–H and O–H groups in total. The first-order valence-electron chi connectivity index (χ1n) is 6.09. The molecule has 0 saturated heterocycles. The molecule has 0 saturated carbocycles. The van der Waals surface area contributed by atoms with Crippen molar-refractivity contribution in [2.45, 2.75) is 0 Å². The highest BCUT2D eigenvalue weighted by atomic mass is 16.7. The van der Waals surface area contributed by atoms with Crippen LogP contribution in [0, 0.1) is 0 Å². The van der Waals surface area contributed by atoms with Crippen LogP contribution in [-0.4, -0.2) is 26.4 Å². The van der Waals surface area contributed by atoms with E-state index >= 15 is 0 Å². The topological polar surface area (TPSA) is 79.1 Å². The van der Waals surface area contributed by atoms with Gasteiger partial charge >= 0.3 is 6.16 Å². The molecule has 21 heavy (non-hydrogen) atoms. The molecule has 0 aliphatic heterocycles. The summed E-state index contributed by atoms with van der Waals surface area (Å²) in [6, 6.07) is 15.5. The Hall–Kier alpha value is -3.22. The summed E-state index contributed by atoms with van der Waals surface area (Å²) in [5, 5.41) is 10.8. The number of benzene rings is 2. The molecule has 1 heterocycles. The molecule has 0 amide bonds. The van der Waals surface area contributed by atoms with Crippen LogP contribution in [-0.2, 0) is 0 Å². The number of nitrogens with zero attached hydrogens (tertiary/aromatic N) is 4. The monoisotopic (exact) mass is 282 g/mol. The number of carbonyl (C=O) groups is 1. The summed E-state index contributed by atoms with van der Waals surface area (Å²) in [5.41, 5.74) is 0.671. The molecule has 2 aromatic carbocycles. The molecule has 0 radical (unpaired) electrons. The normalized spacial score (nSPS) is 10.1. The number of ether oxygens (including phenoxy) is 2. The largest absolute Gasteiger partial charge is 0.519 e. The molecular formula is C14H10N4O3. The number of para-hydroxylation sites is 1. The first-order chi connectivity index (χ1) is 10.3. The van der Waals surface area contributed by atoms with E-state index in [-0.39, 0.29) is 0 Å². The Bertz CT molecular complexity index is 729. The van der Waals surface area contributed by atoms with Crippen LogP contribution in [0.15, 0.2) is 60.9 Å². The maximum absolute atomic E-state index is 11.7. The lowest BCUT2D eigenvalue weighted by Crippen LogP contribution is -2.13. The summed E-state index contributed by atoms with van der Waals surface area (Å²) in [5.74, 6) is 0.753. The molecule has 0 fully saturated rings. The summed E-state index contributed by atoms with van der Waals surface area (Å²) in [4.78, 5) is 11.7. The van der Waals surface area contributed by atoms with Crippen molar-refractivity contribution in [2.75, 3.05) is 0 Å². The minimum Gasteiger partial charge on any atom is -0.395 e. The van der Waals surface area contributed by atoms with Gasteiger partial charge < -0.3 is 9.47 Å². The number of tetrazole rings is 1. The summed E-state index contributed by atoms with van der Waals surface area (Å²) >= 11 is 0. The SMILES string of the molecule is O=C(Oc1ccccc1)Oc1cccc(-n2cnnn2)c1. The second kappa shape index (κ2) is 5.83. The van der Waals surface area contributed by atoms with Gasteiger partial charge in [0.1, 0.15) is 17.8 Å². The van der Waals surface area contributed by atoms with Crippen LogP contribution in [0.2, 0.25) is 0 Å². The van der Waals surface area contributed by atoms with E-state index in [0.717, 1.165) is 0 Å². The average Bonchev–Trinajstić information content (AvgIpc) is 3.02. The Morgan fingerprint density at radius 2 is 1.71 bits per heavy atom. The highest BCUT2D eigenvalue weighted by Crippen LogP contribution is 2.17. The average molecular weight is 282 g/mol. The molecular weight excluding hydrogens is 272 g/mol. The predicted molar refractivity (Wildman–Crippen MR) is 72.2 cm³/mol. The van der Waals surface area contributed by atoms with E-state index in [4.69, 9.17) is 9.47 Å². The zero-order valence-electron chi connectivity index (χ0n) is 10.8. The highest BCUT2D eigenvalue weighted by molar-refractivity contribution is 5.67. The Morgan fingerprint density at radius 1 is 0.952 bits per heavy atom. The molecule has 0 bridgehead atoms. The van der Waals surface area contributed by atoms with Gasteiger partial charge in [0.25, 0.3) is 0 Å². The number of aromatic nitrogens is 4. The zero-order valence-corrected chi connectivity index (χ0v) is 10.8. The van der Waals surface area contributed by atoms with E-state index in [1.807, 2.05) is 6.07 Å². The quantitative estimate of drug-likeness (QED) is 0.541. The lowest BCUT2D eigenvalue weighted by molar-refractivity contribution is 0.152. The van der Waals surface area contributed by atoms with Crippen LogP contribution in [0.4, 0.5) is 4.79 Å². The second-order valence-corrected chi connectivity index (χ2v) is 4.02. The third-order valence-electron chi connectivity index (χ3n) is 2.58. The van der Waals surface area contributed by atoms with Gasteiger partial charge in [0, 0.05) is 6.07 Å². The van der Waals surface area contributed by atoms with Crippen molar-refractivity contribution in [1.29, 1.82) is 0 Å². The maximum Gasteiger partial charge on any atom is 0.519 e. The van der Waals surface area contributed by atoms with Gasteiger partial charge in [0.15, 0.2) is 0 Å². The molecule has 3 aromatic rings. The van der Waals surface area contributed by atoms with Gasteiger partial charge in [-0.15, -0.1) is 5.10 Å². The fourth-order valence-electron chi connectivity index (χ4n) is 1.67. The van der Waals surface area contributed by atoms with Crippen LogP contribution in [0.1, 0.15) is 0 Å². The van der Waals surface area contributed by atoms with E-state index in [1.165, 1.54) is 11.0 Å². The first-order valence-corrected chi connectivity index (χ1v) is 6.09. The predicted octanol–water partition coefficient (Wildman–Crippen LogP) is 2.24. The van der Waals surface area contributed by atoms with Crippen molar-refractivity contribution < 1.29 is 14.3 Å². The summed E-state index contributed by atoms with van der Waals surface area (Å²) in [6.45, 7) is 0. The molecule has 0 unspecified atom stereocenters. The first kappa shape index (κ1) is 12.8. The number of hydrogen-bond acceptors (Lipinski definition) is 6. The van der Waals surface area contributed by atoms with Gasteiger partial charge in [0.2, 0.25) is 0 Å². The van der Waals surface area contributed by atoms with Crippen molar-refractivity contribution in [1.82, 2.24) is 20.2 Å². The van der Waals surface area contributed by atoms with Gasteiger partial charge in [-0.1, -0.05) is 24.3 Å². The summed E-state index contributed by atoms with van der Waals surface area (Å²) < 4.78 is 11.6. The van der Waals surface area contributed by atoms with Gasteiger partial charge in [-0.05, 0) is 34.7 Å². The molecule has 3 rings (SSSR count). The summed E-state index contributed by atoms with van der Waals surface area (Å²) in [6.07, 6.45) is 0.636. The van der Waals surface area contributed by atoms with E-state index in [2.05, 4.69) is 15.5 Å². The van der Waals surface area contributed by atoms with Crippen LogP contribution in [0.5, 0.6) is 11.5 Å². The van der Waals surface area contributed by atoms with Crippen molar-refractivity contribution in [2.24, 2.45) is 0 Å². The van der Waals surface area contributed by atoms with Crippen LogP contribution in [0.3, 0.4) is 0 Å². The molecule has 0 spiro atoms. The molecule has 104 valence electrons. The lowest BCUT2D eigenvalue weighted by atomic mass is 10.3. The van der Waals surface area contributed by atoms with Crippen molar-refractivity contribution in [3.05, 3.63) is 60.9 Å². The van der Waals surface area contributed by atoms with Gasteiger partial charge in [-0.25, -0.2) is 9.48 Å². The molecule has 0 aliphatic rings. The maximum atomic E-state index is 11.7. The summed E-state index contributed by atoms with van der Waals surface area (Å²) in [7, 11) is 0. The minimum atomic E-state index is -0.810.